The lowest BCUT2D eigenvalue weighted by Gasteiger charge is -2.28. The zero-order valence-electron chi connectivity index (χ0n) is 25.1. The topological polar surface area (TPSA) is 57.2 Å². The molecular formula is C39H42O5. The van der Waals surface area contributed by atoms with Crippen LogP contribution in [-0.4, -0.2) is 29.5 Å². The smallest absolute Gasteiger partial charge is 0.143 e. The summed E-state index contributed by atoms with van der Waals surface area (Å²) in [6.07, 6.45) is 11.5. The van der Waals surface area contributed by atoms with E-state index in [4.69, 9.17) is 18.9 Å². The zero-order chi connectivity index (χ0) is 30.2. The van der Waals surface area contributed by atoms with Gasteiger partial charge >= 0.3 is 0 Å². The van der Waals surface area contributed by atoms with Gasteiger partial charge in [0.25, 0.3) is 0 Å². The highest BCUT2D eigenvalue weighted by Gasteiger charge is 2.24. The molecule has 4 unspecified atom stereocenters. The highest BCUT2D eigenvalue weighted by Crippen LogP contribution is 2.25. The third-order valence-corrected chi connectivity index (χ3v) is 7.60. The van der Waals surface area contributed by atoms with Crippen LogP contribution < -0.4 is 9.47 Å². The molecule has 0 fully saturated rings. The number of aliphatic hydroxyl groups is 1. The molecule has 0 saturated carbocycles. The van der Waals surface area contributed by atoms with Crippen LogP contribution in [0.5, 0.6) is 11.5 Å². The van der Waals surface area contributed by atoms with E-state index in [2.05, 4.69) is 36.4 Å². The normalized spacial score (nSPS) is 20.8. The van der Waals surface area contributed by atoms with Gasteiger partial charge in [-0.05, 0) is 72.7 Å². The van der Waals surface area contributed by atoms with Crippen molar-refractivity contribution >= 4 is 0 Å². The van der Waals surface area contributed by atoms with E-state index >= 15 is 0 Å². The van der Waals surface area contributed by atoms with Crippen molar-refractivity contribution in [3.8, 4) is 11.5 Å². The molecule has 4 aromatic carbocycles. The maximum atomic E-state index is 9.64. The summed E-state index contributed by atoms with van der Waals surface area (Å²) in [5, 5.41) is 9.64. The molecule has 2 aliphatic carbocycles. The van der Waals surface area contributed by atoms with Gasteiger partial charge in [0.05, 0.1) is 31.5 Å². The first-order valence-electron chi connectivity index (χ1n) is 15.5. The minimum absolute atomic E-state index is 0.0461. The van der Waals surface area contributed by atoms with E-state index in [1.165, 1.54) is 5.56 Å². The fourth-order valence-corrected chi connectivity index (χ4v) is 5.11. The molecular weight excluding hydrogens is 548 g/mol. The molecule has 0 bridgehead atoms. The van der Waals surface area contributed by atoms with Crippen LogP contribution in [0.1, 0.15) is 42.4 Å². The molecule has 0 aromatic heterocycles. The summed E-state index contributed by atoms with van der Waals surface area (Å²) in [7, 11) is 0. The molecule has 6 rings (SSSR count). The fraction of sp³-hybridized carbons (Fsp3) is 0.282. The van der Waals surface area contributed by atoms with Gasteiger partial charge in [-0.3, -0.25) is 0 Å². The molecule has 2 aliphatic rings. The lowest BCUT2D eigenvalue weighted by atomic mass is 10.0. The number of hydrogen-bond donors (Lipinski definition) is 1. The zero-order valence-corrected chi connectivity index (χ0v) is 25.1. The van der Waals surface area contributed by atoms with Crippen molar-refractivity contribution in [2.45, 2.75) is 69.9 Å². The predicted octanol–water partition coefficient (Wildman–Crippen LogP) is 8.23. The summed E-state index contributed by atoms with van der Waals surface area (Å²) in [6, 6.07) is 38.3. The van der Waals surface area contributed by atoms with Crippen LogP contribution in [0.3, 0.4) is 0 Å². The number of allylic oxidation sites excluding steroid dienone is 2. The molecule has 0 spiro atoms. The van der Waals surface area contributed by atoms with Crippen LogP contribution in [-0.2, 0) is 29.3 Å². The Bertz CT molecular complexity index is 1400. The molecule has 44 heavy (non-hydrogen) atoms. The molecule has 0 saturated heterocycles. The van der Waals surface area contributed by atoms with E-state index in [0.717, 1.165) is 48.3 Å². The molecule has 0 radical (unpaired) electrons. The van der Waals surface area contributed by atoms with Gasteiger partial charge in [-0.15, -0.1) is 0 Å². The molecule has 0 aliphatic heterocycles. The summed E-state index contributed by atoms with van der Waals surface area (Å²) in [6.45, 7) is 1.74. The van der Waals surface area contributed by atoms with Gasteiger partial charge in [0.1, 0.15) is 24.2 Å². The minimum Gasteiger partial charge on any atom is -0.489 e. The SMILES string of the molecule is C1=CC(Oc2ccc(OCc3ccccc3)cc2)C(OCc2ccccc2)CC1.OC1C=CCCC1OCc1ccccc1. The average Bonchev–Trinajstić information content (AvgIpc) is 3.09. The lowest BCUT2D eigenvalue weighted by Crippen LogP contribution is -2.34. The van der Waals surface area contributed by atoms with Crippen molar-refractivity contribution < 1.29 is 24.1 Å². The van der Waals surface area contributed by atoms with E-state index in [1.807, 2.05) is 103 Å². The first-order chi connectivity index (χ1) is 21.7. The van der Waals surface area contributed by atoms with Crippen LogP contribution in [0.25, 0.3) is 0 Å². The van der Waals surface area contributed by atoms with Gasteiger partial charge < -0.3 is 24.1 Å². The van der Waals surface area contributed by atoms with Crippen molar-refractivity contribution in [3.63, 3.8) is 0 Å². The molecule has 228 valence electrons. The van der Waals surface area contributed by atoms with Gasteiger partial charge in [-0.25, -0.2) is 0 Å². The van der Waals surface area contributed by atoms with E-state index < -0.39 is 6.10 Å². The van der Waals surface area contributed by atoms with E-state index in [-0.39, 0.29) is 18.3 Å². The van der Waals surface area contributed by atoms with Gasteiger partial charge in [-0.1, -0.05) is 109 Å². The van der Waals surface area contributed by atoms with E-state index in [0.29, 0.717) is 19.8 Å². The van der Waals surface area contributed by atoms with Crippen molar-refractivity contribution in [2.75, 3.05) is 0 Å². The number of hydrogen-bond acceptors (Lipinski definition) is 5. The second kappa shape index (κ2) is 17.2. The molecule has 5 nitrogen and oxygen atoms in total. The van der Waals surface area contributed by atoms with E-state index in [9.17, 15) is 5.11 Å². The quantitative estimate of drug-likeness (QED) is 0.178. The molecule has 4 atom stereocenters. The summed E-state index contributed by atoms with van der Waals surface area (Å²) < 4.78 is 23.9. The van der Waals surface area contributed by atoms with Crippen molar-refractivity contribution in [1.82, 2.24) is 0 Å². The fourth-order valence-electron chi connectivity index (χ4n) is 5.11. The third kappa shape index (κ3) is 10.2. The van der Waals surface area contributed by atoms with Gasteiger partial charge in [-0.2, -0.15) is 0 Å². The molecule has 0 amide bonds. The Balaban J connectivity index is 0.000000215. The summed E-state index contributed by atoms with van der Waals surface area (Å²) in [4.78, 5) is 0. The lowest BCUT2D eigenvalue weighted by molar-refractivity contribution is -0.0339. The highest BCUT2D eigenvalue weighted by molar-refractivity contribution is 5.32. The van der Waals surface area contributed by atoms with Crippen molar-refractivity contribution in [3.05, 3.63) is 156 Å². The Morgan fingerprint density at radius 1 is 0.523 bits per heavy atom. The Labute approximate surface area is 261 Å². The Kier molecular flexibility index (Phi) is 12.2. The summed E-state index contributed by atoms with van der Waals surface area (Å²) >= 11 is 0. The first-order valence-corrected chi connectivity index (χ1v) is 15.5. The Morgan fingerprint density at radius 3 is 1.57 bits per heavy atom. The van der Waals surface area contributed by atoms with Crippen molar-refractivity contribution in [2.24, 2.45) is 0 Å². The van der Waals surface area contributed by atoms with Crippen LogP contribution in [0.15, 0.2) is 140 Å². The second-order valence-corrected chi connectivity index (χ2v) is 11.0. The Hall–Kier alpha value is -4.16. The number of benzene rings is 4. The van der Waals surface area contributed by atoms with Gasteiger partial charge in [0, 0.05) is 0 Å². The Morgan fingerprint density at radius 2 is 1.00 bits per heavy atom. The third-order valence-electron chi connectivity index (χ3n) is 7.60. The molecule has 5 heteroatoms. The van der Waals surface area contributed by atoms with E-state index in [1.54, 1.807) is 0 Å². The molecule has 0 heterocycles. The molecule has 4 aromatic rings. The van der Waals surface area contributed by atoms with Crippen molar-refractivity contribution in [1.29, 1.82) is 0 Å². The molecule has 1 N–H and O–H groups in total. The van der Waals surface area contributed by atoms with Crippen LogP contribution >= 0.6 is 0 Å². The monoisotopic (exact) mass is 590 g/mol. The highest BCUT2D eigenvalue weighted by atomic mass is 16.5. The number of ether oxygens (including phenoxy) is 4. The summed E-state index contributed by atoms with van der Waals surface area (Å²) in [5.74, 6) is 1.65. The van der Waals surface area contributed by atoms with Gasteiger partial charge in [0.15, 0.2) is 0 Å². The van der Waals surface area contributed by atoms with Gasteiger partial charge in [0.2, 0.25) is 0 Å². The van der Waals surface area contributed by atoms with Crippen LogP contribution in [0.2, 0.25) is 0 Å². The first kappa shape index (κ1) is 31.3. The predicted molar refractivity (Wildman–Crippen MR) is 174 cm³/mol. The number of rotatable bonds is 11. The maximum Gasteiger partial charge on any atom is 0.143 e. The standard InChI is InChI=1S/C26H26O3.C13H16O2/c1-3-9-21(10-4-1)19-27-23-15-17-24(18-16-23)29-26-14-8-7-13-25(26)28-20-22-11-5-2-6-12-22;14-12-8-4-5-9-13(12)15-10-11-6-2-1-3-7-11/h1-6,8-12,14-18,25-26H,7,13,19-20H2;1-4,6-8,12-14H,5,9-10H2. The van der Waals surface area contributed by atoms with Crippen LogP contribution in [0.4, 0.5) is 0 Å². The minimum atomic E-state index is -0.442. The summed E-state index contributed by atoms with van der Waals surface area (Å²) in [5.41, 5.74) is 3.48. The number of aliphatic hydroxyl groups excluding tert-OH is 1. The average molecular weight is 591 g/mol. The maximum absolute atomic E-state index is 9.64. The largest absolute Gasteiger partial charge is 0.489 e. The van der Waals surface area contributed by atoms with Crippen LogP contribution in [0, 0.1) is 0 Å². The second-order valence-electron chi connectivity index (χ2n) is 11.0.